The van der Waals surface area contributed by atoms with Crippen molar-refractivity contribution < 1.29 is 9.59 Å². The van der Waals surface area contributed by atoms with E-state index in [1.165, 1.54) is 11.3 Å². The van der Waals surface area contributed by atoms with E-state index in [4.69, 9.17) is 11.6 Å². The first-order valence-electron chi connectivity index (χ1n) is 6.44. The fourth-order valence-electron chi connectivity index (χ4n) is 2.98. The Morgan fingerprint density at radius 2 is 2.05 bits per heavy atom. The fourth-order valence-corrected chi connectivity index (χ4v) is 4.08. The molecule has 4 nitrogen and oxygen atoms in total. The van der Waals surface area contributed by atoms with Gasteiger partial charge < -0.3 is 10.2 Å². The van der Waals surface area contributed by atoms with E-state index in [9.17, 15) is 9.59 Å². The lowest BCUT2D eigenvalue weighted by Crippen LogP contribution is -2.65. The van der Waals surface area contributed by atoms with E-state index in [0.29, 0.717) is 10.9 Å². The summed E-state index contributed by atoms with van der Waals surface area (Å²) in [6.07, 6.45) is 3.54. The van der Waals surface area contributed by atoms with Gasteiger partial charge in [-0.1, -0.05) is 24.4 Å². The van der Waals surface area contributed by atoms with Crippen molar-refractivity contribution in [1.82, 2.24) is 10.2 Å². The molecule has 0 atom stereocenters. The van der Waals surface area contributed by atoms with Crippen molar-refractivity contribution in [3.8, 4) is 0 Å². The molecule has 1 aromatic rings. The number of hydrogen-bond donors (Lipinski definition) is 1. The summed E-state index contributed by atoms with van der Waals surface area (Å²) in [6, 6.07) is 3.73. The Hall–Kier alpha value is -1.07. The van der Waals surface area contributed by atoms with E-state index in [2.05, 4.69) is 5.32 Å². The van der Waals surface area contributed by atoms with E-state index < -0.39 is 5.54 Å². The Kier molecular flexibility index (Phi) is 3.27. The number of piperazine rings is 1. The molecular formula is C13H15ClN2O2S. The standard InChI is InChI=1S/C13H15ClN2O2S/c14-10-4-3-9(19-10)7-16-8-11(17)15-13(12(16)18)5-1-2-6-13/h3-4H,1-2,5-8H2,(H,15,17). The third-order valence-corrected chi connectivity index (χ3v) is 5.06. The van der Waals surface area contributed by atoms with E-state index in [1.54, 1.807) is 4.90 Å². The maximum atomic E-state index is 12.6. The first-order valence-corrected chi connectivity index (χ1v) is 7.63. The van der Waals surface area contributed by atoms with E-state index in [0.717, 1.165) is 30.6 Å². The molecule has 2 aliphatic rings. The SMILES string of the molecule is O=C1CN(Cc2ccc(Cl)s2)C(=O)C2(CCCC2)N1. The second kappa shape index (κ2) is 4.80. The topological polar surface area (TPSA) is 49.4 Å². The highest BCUT2D eigenvalue weighted by atomic mass is 35.5. The maximum Gasteiger partial charge on any atom is 0.249 e. The van der Waals surface area contributed by atoms with Crippen molar-refractivity contribution >= 4 is 34.8 Å². The number of rotatable bonds is 2. The van der Waals surface area contributed by atoms with Gasteiger partial charge in [0.25, 0.3) is 0 Å². The molecule has 1 saturated carbocycles. The predicted octanol–water partition coefficient (Wildman–Crippen LogP) is 2.17. The van der Waals surface area contributed by atoms with Gasteiger partial charge >= 0.3 is 0 Å². The largest absolute Gasteiger partial charge is 0.340 e. The Balaban J connectivity index is 1.80. The van der Waals surface area contributed by atoms with Gasteiger partial charge in [-0.05, 0) is 25.0 Å². The summed E-state index contributed by atoms with van der Waals surface area (Å²) in [7, 11) is 0. The molecular weight excluding hydrogens is 284 g/mol. The number of hydrogen-bond acceptors (Lipinski definition) is 3. The Labute approximate surface area is 120 Å². The van der Waals surface area contributed by atoms with Crippen molar-refractivity contribution in [3.05, 3.63) is 21.3 Å². The summed E-state index contributed by atoms with van der Waals surface area (Å²) >= 11 is 7.35. The summed E-state index contributed by atoms with van der Waals surface area (Å²) in [4.78, 5) is 27.1. The minimum atomic E-state index is -0.629. The second-order valence-electron chi connectivity index (χ2n) is 5.20. The number of thiophene rings is 1. The molecule has 1 aromatic heterocycles. The molecule has 0 unspecified atom stereocenters. The first kappa shape index (κ1) is 12.9. The first-order chi connectivity index (χ1) is 9.09. The highest BCUT2D eigenvalue weighted by molar-refractivity contribution is 7.16. The highest BCUT2D eigenvalue weighted by Crippen LogP contribution is 2.34. The molecule has 2 amide bonds. The maximum absolute atomic E-state index is 12.6. The second-order valence-corrected chi connectivity index (χ2v) is 7.00. The third kappa shape index (κ3) is 2.37. The summed E-state index contributed by atoms with van der Waals surface area (Å²) in [5.74, 6) is 0.0123. The van der Waals surface area contributed by atoms with Crippen LogP contribution in [0.5, 0.6) is 0 Å². The van der Waals surface area contributed by atoms with Gasteiger partial charge in [0.15, 0.2) is 0 Å². The van der Waals surface area contributed by atoms with Gasteiger partial charge in [0.05, 0.1) is 10.9 Å². The van der Waals surface area contributed by atoms with Crippen LogP contribution < -0.4 is 5.32 Å². The van der Waals surface area contributed by atoms with Gasteiger partial charge in [-0.2, -0.15) is 0 Å². The molecule has 2 heterocycles. The fraction of sp³-hybridized carbons (Fsp3) is 0.538. The number of halogens is 1. The molecule has 2 fully saturated rings. The molecule has 0 bridgehead atoms. The van der Waals surface area contributed by atoms with Crippen LogP contribution in [0.3, 0.4) is 0 Å². The Morgan fingerprint density at radius 3 is 2.68 bits per heavy atom. The van der Waals surface area contributed by atoms with Crippen molar-refractivity contribution in [2.45, 2.75) is 37.8 Å². The summed E-state index contributed by atoms with van der Waals surface area (Å²) < 4.78 is 0.708. The Morgan fingerprint density at radius 1 is 1.32 bits per heavy atom. The minimum absolute atomic E-state index is 0.0517. The number of nitrogens with zero attached hydrogens (tertiary/aromatic N) is 1. The van der Waals surface area contributed by atoms with Crippen LogP contribution in [0.1, 0.15) is 30.6 Å². The highest BCUT2D eigenvalue weighted by Gasteiger charge is 2.48. The number of carbonyl (C=O) groups is 2. The molecule has 1 spiro atoms. The summed E-state index contributed by atoms with van der Waals surface area (Å²) in [5.41, 5.74) is -0.629. The molecule has 102 valence electrons. The zero-order chi connectivity index (χ0) is 13.5. The van der Waals surface area contributed by atoms with Crippen LogP contribution in [-0.2, 0) is 16.1 Å². The molecule has 1 aliphatic heterocycles. The van der Waals surface area contributed by atoms with Crippen molar-refractivity contribution in [2.24, 2.45) is 0 Å². The molecule has 6 heteroatoms. The van der Waals surface area contributed by atoms with Crippen LogP contribution in [0.4, 0.5) is 0 Å². The summed E-state index contributed by atoms with van der Waals surface area (Å²) in [6.45, 7) is 0.626. The van der Waals surface area contributed by atoms with Crippen molar-refractivity contribution in [2.75, 3.05) is 6.54 Å². The van der Waals surface area contributed by atoms with Crippen LogP contribution >= 0.6 is 22.9 Å². The third-order valence-electron chi connectivity index (χ3n) is 3.84. The van der Waals surface area contributed by atoms with Crippen molar-refractivity contribution in [3.63, 3.8) is 0 Å². The average Bonchev–Trinajstić information content (AvgIpc) is 2.96. The lowest BCUT2D eigenvalue weighted by atomic mass is 9.93. The molecule has 1 N–H and O–H groups in total. The van der Waals surface area contributed by atoms with Crippen LogP contribution in [0.2, 0.25) is 4.34 Å². The van der Waals surface area contributed by atoms with E-state index in [-0.39, 0.29) is 18.4 Å². The molecule has 19 heavy (non-hydrogen) atoms. The molecule has 3 rings (SSSR count). The number of amides is 2. The van der Waals surface area contributed by atoms with Crippen LogP contribution in [-0.4, -0.2) is 28.8 Å². The van der Waals surface area contributed by atoms with Gasteiger partial charge in [-0.25, -0.2) is 0 Å². The molecule has 1 aliphatic carbocycles. The van der Waals surface area contributed by atoms with Crippen LogP contribution in [0.15, 0.2) is 12.1 Å². The van der Waals surface area contributed by atoms with E-state index >= 15 is 0 Å². The lowest BCUT2D eigenvalue weighted by molar-refractivity contribution is -0.150. The van der Waals surface area contributed by atoms with E-state index in [1.807, 2.05) is 12.1 Å². The smallest absolute Gasteiger partial charge is 0.249 e. The van der Waals surface area contributed by atoms with Gasteiger partial charge in [0.2, 0.25) is 11.8 Å². The predicted molar refractivity (Wildman–Crippen MR) is 74.1 cm³/mol. The van der Waals surface area contributed by atoms with Crippen LogP contribution in [0, 0.1) is 0 Å². The zero-order valence-corrected chi connectivity index (χ0v) is 12.0. The lowest BCUT2D eigenvalue weighted by Gasteiger charge is -2.39. The quantitative estimate of drug-likeness (QED) is 0.910. The Bertz CT molecular complexity index is 522. The number of nitrogens with one attached hydrogen (secondary N) is 1. The van der Waals surface area contributed by atoms with Crippen LogP contribution in [0.25, 0.3) is 0 Å². The zero-order valence-electron chi connectivity index (χ0n) is 10.4. The average molecular weight is 299 g/mol. The summed E-state index contributed by atoms with van der Waals surface area (Å²) in [5, 5.41) is 2.91. The van der Waals surface area contributed by atoms with Gasteiger partial charge in [-0.3, -0.25) is 9.59 Å². The van der Waals surface area contributed by atoms with Gasteiger partial charge in [0.1, 0.15) is 12.1 Å². The number of carbonyl (C=O) groups excluding carboxylic acids is 2. The van der Waals surface area contributed by atoms with Gasteiger partial charge in [0, 0.05) is 4.88 Å². The normalized spacial score (nSPS) is 22.1. The van der Waals surface area contributed by atoms with Gasteiger partial charge in [-0.15, -0.1) is 11.3 Å². The molecule has 0 aromatic carbocycles. The minimum Gasteiger partial charge on any atom is -0.340 e. The van der Waals surface area contributed by atoms with Crippen molar-refractivity contribution in [1.29, 1.82) is 0 Å². The molecule has 0 radical (unpaired) electrons. The molecule has 1 saturated heterocycles. The monoisotopic (exact) mass is 298 g/mol.